The van der Waals surface area contributed by atoms with Crippen LogP contribution in [0.1, 0.15) is 23.0 Å². The average molecular weight is 234 g/mol. The van der Waals surface area contributed by atoms with E-state index in [4.69, 9.17) is 5.73 Å². The maximum absolute atomic E-state index is 12.3. The van der Waals surface area contributed by atoms with Crippen LogP contribution >= 0.6 is 0 Å². The van der Waals surface area contributed by atoms with Crippen molar-refractivity contribution in [3.8, 4) is 0 Å². The molecule has 0 spiro atoms. The number of rotatable bonds is 2. The van der Waals surface area contributed by atoms with Crippen LogP contribution in [0.25, 0.3) is 0 Å². The van der Waals surface area contributed by atoms with Gasteiger partial charge in [-0.25, -0.2) is 9.78 Å². The molecule has 1 aromatic rings. The third-order valence-electron chi connectivity index (χ3n) is 1.72. The van der Waals surface area contributed by atoms with Crippen LogP contribution in [0.4, 0.5) is 18.9 Å². The molecule has 0 radical (unpaired) electrons. The van der Waals surface area contributed by atoms with Gasteiger partial charge in [-0.05, 0) is 13.0 Å². The largest absolute Gasteiger partial charge is 0.462 e. The molecule has 0 saturated heterocycles. The Morgan fingerprint density at radius 3 is 2.69 bits per heavy atom. The Labute approximate surface area is 89.2 Å². The number of carbonyl (C=O) groups is 1. The highest BCUT2D eigenvalue weighted by atomic mass is 19.4. The number of pyridine rings is 1. The number of esters is 1. The number of hydrogen-bond donors (Lipinski definition) is 1. The van der Waals surface area contributed by atoms with E-state index in [1.807, 2.05) is 0 Å². The highest BCUT2D eigenvalue weighted by Gasteiger charge is 2.33. The van der Waals surface area contributed by atoms with E-state index in [0.717, 1.165) is 6.20 Å². The number of carbonyl (C=O) groups excluding carboxylic acids is 1. The lowest BCUT2D eigenvalue weighted by Crippen LogP contribution is -2.13. The molecule has 16 heavy (non-hydrogen) atoms. The van der Waals surface area contributed by atoms with Crippen molar-refractivity contribution in [3.63, 3.8) is 0 Å². The molecule has 88 valence electrons. The number of halogens is 3. The standard InChI is InChI=1S/C9H9F3N2O2/c1-2-16-8(15)5-3-7(9(10,11)12)14-4-6(5)13/h3-4H,2,13H2,1H3. The van der Waals surface area contributed by atoms with Gasteiger partial charge >= 0.3 is 12.1 Å². The Bertz CT molecular complexity index is 404. The van der Waals surface area contributed by atoms with Gasteiger partial charge in [-0.3, -0.25) is 0 Å². The van der Waals surface area contributed by atoms with Gasteiger partial charge in [-0.1, -0.05) is 0 Å². The summed E-state index contributed by atoms with van der Waals surface area (Å²) >= 11 is 0. The summed E-state index contributed by atoms with van der Waals surface area (Å²) < 4.78 is 41.4. The molecule has 0 amide bonds. The molecule has 0 fully saturated rings. The lowest BCUT2D eigenvalue weighted by molar-refractivity contribution is -0.141. The third kappa shape index (κ3) is 2.62. The normalized spacial score (nSPS) is 11.2. The van der Waals surface area contributed by atoms with Crippen molar-refractivity contribution in [2.24, 2.45) is 0 Å². The van der Waals surface area contributed by atoms with Crippen molar-refractivity contribution < 1.29 is 22.7 Å². The first-order valence-corrected chi connectivity index (χ1v) is 4.36. The van der Waals surface area contributed by atoms with E-state index < -0.39 is 17.8 Å². The Morgan fingerprint density at radius 2 is 2.19 bits per heavy atom. The summed E-state index contributed by atoms with van der Waals surface area (Å²) in [6.07, 6.45) is -3.83. The van der Waals surface area contributed by atoms with Crippen molar-refractivity contribution in [1.29, 1.82) is 0 Å². The van der Waals surface area contributed by atoms with Gasteiger partial charge in [0, 0.05) is 0 Å². The summed E-state index contributed by atoms with van der Waals surface area (Å²) in [4.78, 5) is 14.3. The Hall–Kier alpha value is -1.79. The summed E-state index contributed by atoms with van der Waals surface area (Å²) in [5, 5.41) is 0. The number of nitrogen functional groups attached to an aromatic ring is 1. The van der Waals surface area contributed by atoms with Gasteiger partial charge in [0.25, 0.3) is 0 Å². The minimum Gasteiger partial charge on any atom is -0.462 e. The van der Waals surface area contributed by atoms with Crippen LogP contribution in [0.3, 0.4) is 0 Å². The maximum Gasteiger partial charge on any atom is 0.433 e. The van der Waals surface area contributed by atoms with E-state index in [0.29, 0.717) is 6.07 Å². The van der Waals surface area contributed by atoms with E-state index in [1.54, 1.807) is 6.92 Å². The minimum absolute atomic E-state index is 0.0575. The van der Waals surface area contributed by atoms with Gasteiger partial charge in [0.1, 0.15) is 5.69 Å². The summed E-state index contributed by atoms with van der Waals surface area (Å²) in [5.74, 6) is -0.895. The predicted octanol–water partition coefficient (Wildman–Crippen LogP) is 1.86. The van der Waals surface area contributed by atoms with Crippen molar-refractivity contribution in [1.82, 2.24) is 4.98 Å². The molecule has 0 unspecified atom stereocenters. The van der Waals surface area contributed by atoms with Crippen LogP contribution in [-0.4, -0.2) is 17.6 Å². The highest BCUT2D eigenvalue weighted by molar-refractivity contribution is 5.94. The molecule has 0 aromatic carbocycles. The van der Waals surface area contributed by atoms with Gasteiger partial charge in [0.05, 0.1) is 24.1 Å². The number of alkyl halides is 3. The second-order valence-electron chi connectivity index (χ2n) is 2.88. The molecule has 1 aromatic heterocycles. The number of ether oxygens (including phenoxy) is 1. The second kappa shape index (κ2) is 4.38. The molecule has 1 rings (SSSR count). The maximum atomic E-state index is 12.3. The molecule has 7 heteroatoms. The van der Waals surface area contributed by atoms with Crippen molar-refractivity contribution >= 4 is 11.7 Å². The fourth-order valence-electron chi connectivity index (χ4n) is 1.01. The SMILES string of the molecule is CCOC(=O)c1cc(C(F)(F)F)ncc1N. The summed E-state index contributed by atoms with van der Waals surface area (Å²) in [6.45, 7) is 1.60. The molecule has 0 aliphatic carbocycles. The Balaban J connectivity index is 3.14. The summed E-state index contributed by atoms with van der Waals surface area (Å²) in [6, 6.07) is 0.577. The zero-order valence-corrected chi connectivity index (χ0v) is 8.34. The molecule has 0 saturated carbocycles. The number of nitrogens with two attached hydrogens (primary N) is 1. The number of hydrogen-bond acceptors (Lipinski definition) is 4. The van der Waals surface area contributed by atoms with Gasteiger partial charge in [-0.15, -0.1) is 0 Å². The van der Waals surface area contributed by atoms with Crippen LogP contribution in [-0.2, 0) is 10.9 Å². The van der Waals surface area contributed by atoms with E-state index >= 15 is 0 Å². The topological polar surface area (TPSA) is 65.2 Å². The van der Waals surface area contributed by atoms with Crippen LogP contribution < -0.4 is 5.73 Å². The fraction of sp³-hybridized carbons (Fsp3) is 0.333. The quantitative estimate of drug-likeness (QED) is 0.793. The number of anilines is 1. The van der Waals surface area contributed by atoms with Gasteiger partial charge in [0.2, 0.25) is 0 Å². The lowest BCUT2D eigenvalue weighted by Gasteiger charge is -2.09. The monoisotopic (exact) mass is 234 g/mol. The molecule has 0 aliphatic heterocycles. The zero-order chi connectivity index (χ0) is 12.3. The van der Waals surface area contributed by atoms with Crippen molar-refractivity contribution in [2.75, 3.05) is 12.3 Å². The van der Waals surface area contributed by atoms with E-state index in [9.17, 15) is 18.0 Å². The van der Waals surface area contributed by atoms with Crippen LogP contribution in [0.2, 0.25) is 0 Å². The molecule has 1 heterocycles. The minimum atomic E-state index is -4.62. The zero-order valence-electron chi connectivity index (χ0n) is 8.34. The third-order valence-corrected chi connectivity index (χ3v) is 1.72. The molecule has 2 N–H and O–H groups in total. The molecule has 0 bridgehead atoms. The van der Waals surface area contributed by atoms with Crippen molar-refractivity contribution in [2.45, 2.75) is 13.1 Å². The first-order valence-electron chi connectivity index (χ1n) is 4.36. The molecule has 0 aliphatic rings. The Morgan fingerprint density at radius 1 is 1.56 bits per heavy atom. The van der Waals surface area contributed by atoms with E-state index in [2.05, 4.69) is 9.72 Å². The molecular weight excluding hydrogens is 225 g/mol. The summed E-state index contributed by atoms with van der Waals surface area (Å²) in [5.41, 5.74) is 3.68. The Kier molecular flexibility index (Phi) is 3.36. The first-order chi connectivity index (χ1) is 7.36. The van der Waals surface area contributed by atoms with Gasteiger partial charge in [-0.2, -0.15) is 13.2 Å². The van der Waals surface area contributed by atoms with Gasteiger partial charge in [0.15, 0.2) is 0 Å². The van der Waals surface area contributed by atoms with Crippen molar-refractivity contribution in [3.05, 3.63) is 23.5 Å². The fourth-order valence-corrected chi connectivity index (χ4v) is 1.01. The van der Waals surface area contributed by atoms with Crippen LogP contribution in [0.5, 0.6) is 0 Å². The smallest absolute Gasteiger partial charge is 0.433 e. The first kappa shape index (κ1) is 12.3. The molecular formula is C9H9F3N2O2. The lowest BCUT2D eigenvalue weighted by atomic mass is 10.2. The van der Waals surface area contributed by atoms with Crippen LogP contribution in [0.15, 0.2) is 12.3 Å². The predicted molar refractivity (Wildman–Crippen MR) is 49.6 cm³/mol. The second-order valence-corrected chi connectivity index (χ2v) is 2.88. The molecule has 0 atom stereocenters. The van der Waals surface area contributed by atoms with Crippen LogP contribution in [0, 0.1) is 0 Å². The number of nitrogens with zero attached hydrogens (tertiary/aromatic N) is 1. The average Bonchev–Trinajstić information content (AvgIpc) is 2.16. The molecule has 4 nitrogen and oxygen atoms in total. The van der Waals surface area contributed by atoms with E-state index in [1.165, 1.54) is 0 Å². The van der Waals surface area contributed by atoms with E-state index in [-0.39, 0.29) is 17.9 Å². The summed E-state index contributed by atoms with van der Waals surface area (Å²) in [7, 11) is 0. The number of aromatic nitrogens is 1. The highest BCUT2D eigenvalue weighted by Crippen LogP contribution is 2.29. The van der Waals surface area contributed by atoms with Gasteiger partial charge < -0.3 is 10.5 Å².